The molecule has 2 saturated carbocycles. The van der Waals surface area contributed by atoms with E-state index in [1.54, 1.807) is 4.90 Å². The van der Waals surface area contributed by atoms with E-state index in [9.17, 15) is 14.7 Å². The van der Waals surface area contributed by atoms with Gasteiger partial charge in [0.2, 0.25) is 5.91 Å². The van der Waals surface area contributed by atoms with Crippen LogP contribution in [-0.2, 0) is 14.3 Å². The largest absolute Gasteiger partial charge is 0.444 e. The molecular formula is C17H28N2O5. The molecule has 2 amide bonds. The normalized spacial score (nSPS) is 37.5. The number of aliphatic hydroxyl groups is 1. The average Bonchev–Trinajstić information content (AvgIpc) is 2.59. The molecule has 2 N–H and O–H groups in total. The molecular weight excluding hydrogens is 312 g/mol. The summed E-state index contributed by atoms with van der Waals surface area (Å²) >= 11 is 0. The third-order valence-electron chi connectivity index (χ3n) is 5.45. The number of fused-ring (bicyclic) bond motifs is 2. The number of amides is 2. The second kappa shape index (κ2) is 6.19. The summed E-state index contributed by atoms with van der Waals surface area (Å²) in [5, 5.41) is 13.7. The molecule has 3 aliphatic rings. The van der Waals surface area contributed by atoms with E-state index in [-0.39, 0.29) is 36.4 Å². The van der Waals surface area contributed by atoms with Crippen molar-refractivity contribution in [1.82, 2.24) is 10.2 Å². The first-order valence-electron chi connectivity index (χ1n) is 8.67. The highest BCUT2D eigenvalue weighted by Gasteiger charge is 2.60. The number of nitrogens with zero attached hydrogens (tertiary/aromatic N) is 1. The summed E-state index contributed by atoms with van der Waals surface area (Å²) in [5.41, 5.74) is -0.560. The maximum Gasteiger partial charge on any atom is 0.407 e. The van der Waals surface area contributed by atoms with Gasteiger partial charge in [0, 0.05) is 31.5 Å². The van der Waals surface area contributed by atoms with Gasteiger partial charge >= 0.3 is 6.09 Å². The summed E-state index contributed by atoms with van der Waals surface area (Å²) in [6.45, 7) is 6.17. The Morgan fingerprint density at radius 2 is 1.92 bits per heavy atom. The predicted octanol–water partition coefficient (Wildman–Crippen LogP) is 0.754. The van der Waals surface area contributed by atoms with E-state index in [0.717, 1.165) is 12.8 Å². The van der Waals surface area contributed by atoms with Gasteiger partial charge in [-0.3, -0.25) is 4.79 Å². The van der Waals surface area contributed by atoms with Gasteiger partial charge in [0.15, 0.2) is 0 Å². The summed E-state index contributed by atoms with van der Waals surface area (Å²) in [6.07, 6.45) is 0.688. The summed E-state index contributed by atoms with van der Waals surface area (Å²) in [5.74, 6) is 0.346. The Bertz CT molecular complexity index is 518. The molecule has 1 unspecified atom stereocenters. The van der Waals surface area contributed by atoms with Crippen LogP contribution in [0.15, 0.2) is 0 Å². The minimum absolute atomic E-state index is 0.0217. The van der Waals surface area contributed by atoms with Crippen molar-refractivity contribution in [2.45, 2.75) is 57.4 Å². The molecule has 3 bridgehead atoms. The highest BCUT2D eigenvalue weighted by atomic mass is 16.6. The fraction of sp³-hybridized carbons (Fsp3) is 0.882. The van der Waals surface area contributed by atoms with Gasteiger partial charge in [0.25, 0.3) is 0 Å². The first kappa shape index (κ1) is 17.5. The van der Waals surface area contributed by atoms with Gasteiger partial charge < -0.3 is 24.8 Å². The Balaban J connectivity index is 1.75. The molecule has 3 fully saturated rings. The van der Waals surface area contributed by atoms with E-state index in [4.69, 9.17) is 9.47 Å². The van der Waals surface area contributed by atoms with Crippen LogP contribution in [0.1, 0.15) is 33.6 Å². The lowest BCUT2D eigenvalue weighted by Gasteiger charge is -2.45. The van der Waals surface area contributed by atoms with Crippen molar-refractivity contribution in [3.63, 3.8) is 0 Å². The third kappa shape index (κ3) is 3.11. The lowest BCUT2D eigenvalue weighted by molar-refractivity contribution is -0.143. The molecule has 7 nitrogen and oxygen atoms in total. The maximum absolute atomic E-state index is 12.3. The van der Waals surface area contributed by atoms with Crippen molar-refractivity contribution >= 4 is 12.0 Å². The average molecular weight is 340 g/mol. The fourth-order valence-electron chi connectivity index (χ4n) is 4.78. The quantitative estimate of drug-likeness (QED) is 0.792. The predicted molar refractivity (Wildman–Crippen MR) is 86.2 cm³/mol. The second-order valence-electron chi connectivity index (χ2n) is 8.30. The number of rotatable bonds is 3. The number of piperidine rings is 1. The number of carbonyl (C=O) groups is 2. The first-order chi connectivity index (χ1) is 11.2. The molecule has 136 valence electrons. The third-order valence-corrected chi connectivity index (χ3v) is 5.45. The van der Waals surface area contributed by atoms with Crippen molar-refractivity contribution in [1.29, 1.82) is 0 Å². The van der Waals surface area contributed by atoms with E-state index in [2.05, 4.69) is 5.32 Å². The Labute approximate surface area is 142 Å². The number of ether oxygens (including phenoxy) is 2. The van der Waals surface area contributed by atoms with Crippen molar-refractivity contribution < 1.29 is 24.2 Å². The van der Waals surface area contributed by atoms with Gasteiger partial charge in [-0.1, -0.05) is 0 Å². The van der Waals surface area contributed by atoms with Crippen LogP contribution in [0, 0.1) is 17.8 Å². The Hall–Kier alpha value is -1.34. The van der Waals surface area contributed by atoms with Crippen LogP contribution in [0.3, 0.4) is 0 Å². The smallest absolute Gasteiger partial charge is 0.407 e. The van der Waals surface area contributed by atoms with Crippen LogP contribution in [0.5, 0.6) is 0 Å². The summed E-state index contributed by atoms with van der Waals surface area (Å²) in [4.78, 5) is 26.3. The van der Waals surface area contributed by atoms with Gasteiger partial charge in [-0.05, 0) is 39.5 Å². The monoisotopic (exact) mass is 340 g/mol. The number of hydrogen-bond donors (Lipinski definition) is 2. The minimum atomic E-state index is -0.608. The first-order valence-corrected chi connectivity index (χ1v) is 8.67. The lowest BCUT2D eigenvalue weighted by Crippen LogP contribution is -2.57. The summed E-state index contributed by atoms with van der Waals surface area (Å²) in [7, 11) is 1.50. The number of nitrogens with one attached hydrogen (secondary N) is 1. The highest BCUT2D eigenvalue weighted by molar-refractivity contribution is 5.78. The molecule has 2 aliphatic carbocycles. The van der Waals surface area contributed by atoms with E-state index in [1.807, 2.05) is 20.8 Å². The molecule has 7 heteroatoms. The second-order valence-corrected chi connectivity index (χ2v) is 8.30. The fourth-order valence-corrected chi connectivity index (χ4v) is 4.78. The zero-order valence-corrected chi connectivity index (χ0v) is 14.8. The molecule has 6 atom stereocenters. The number of alkyl carbamates (subject to hydrolysis) is 1. The molecule has 0 spiro atoms. The van der Waals surface area contributed by atoms with Gasteiger partial charge in [-0.25, -0.2) is 4.79 Å². The van der Waals surface area contributed by atoms with Crippen LogP contribution in [-0.4, -0.2) is 66.1 Å². The van der Waals surface area contributed by atoms with Crippen LogP contribution >= 0.6 is 0 Å². The lowest BCUT2D eigenvalue weighted by atomic mass is 9.74. The standard InChI is InChI=1S/C17H28N2O5/c1-17(2,3)24-16(22)18-13-10-5-9-6-11(13)15(21)14(10)19(7-9)12(20)8-23-4/h9-11,13-15,21H,5-8H2,1-4H3,(H,18,22)/t9-,10+,11-,13-,14?,15+/m1/s1. The number of aliphatic hydroxyl groups excluding tert-OH is 1. The van der Waals surface area contributed by atoms with Gasteiger partial charge in [-0.15, -0.1) is 0 Å². The summed E-state index contributed by atoms with van der Waals surface area (Å²) < 4.78 is 10.3. The molecule has 1 heterocycles. The number of hydrogen-bond acceptors (Lipinski definition) is 5. The SMILES string of the molecule is COCC(=O)N1C[C@H]2C[C@@H]3[C@H](NC(=O)OC(C)(C)C)[C@H](C2)C1[C@H]3O. The van der Waals surface area contributed by atoms with E-state index in [1.165, 1.54) is 7.11 Å². The molecule has 0 radical (unpaired) electrons. The highest BCUT2D eigenvalue weighted by Crippen LogP contribution is 2.51. The van der Waals surface area contributed by atoms with Gasteiger partial charge in [0.1, 0.15) is 12.2 Å². The molecule has 1 aliphatic heterocycles. The van der Waals surface area contributed by atoms with Crippen molar-refractivity contribution in [2.75, 3.05) is 20.3 Å². The van der Waals surface area contributed by atoms with E-state index in [0.29, 0.717) is 12.5 Å². The Kier molecular flexibility index (Phi) is 4.51. The Morgan fingerprint density at radius 3 is 2.54 bits per heavy atom. The number of likely N-dealkylation sites (tertiary alicyclic amines) is 1. The molecule has 0 aromatic heterocycles. The zero-order valence-electron chi connectivity index (χ0n) is 14.8. The molecule has 0 aromatic rings. The van der Waals surface area contributed by atoms with Gasteiger partial charge in [0.05, 0.1) is 12.1 Å². The molecule has 1 saturated heterocycles. The zero-order chi connectivity index (χ0) is 17.6. The van der Waals surface area contributed by atoms with Gasteiger partial charge in [-0.2, -0.15) is 0 Å². The molecule has 0 aromatic carbocycles. The van der Waals surface area contributed by atoms with E-state index < -0.39 is 17.8 Å². The van der Waals surface area contributed by atoms with Crippen LogP contribution in [0.4, 0.5) is 4.79 Å². The van der Waals surface area contributed by atoms with Crippen LogP contribution < -0.4 is 5.32 Å². The molecule has 3 rings (SSSR count). The summed E-state index contributed by atoms with van der Waals surface area (Å²) in [6, 6.07) is -0.384. The van der Waals surface area contributed by atoms with Crippen LogP contribution in [0.2, 0.25) is 0 Å². The number of carbonyl (C=O) groups excluding carboxylic acids is 2. The topological polar surface area (TPSA) is 88.1 Å². The Morgan fingerprint density at radius 1 is 1.25 bits per heavy atom. The van der Waals surface area contributed by atoms with Crippen LogP contribution in [0.25, 0.3) is 0 Å². The molecule has 24 heavy (non-hydrogen) atoms. The van der Waals surface area contributed by atoms with Crippen molar-refractivity contribution in [3.8, 4) is 0 Å². The van der Waals surface area contributed by atoms with E-state index >= 15 is 0 Å². The van der Waals surface area contributed by atoms with Crippen molar-refractivity contribution in [3.05, 3.63) is 0 Å². The maximum atomic E-state index is 12.3. The van der Waals surface area contributed by atoms with Crippen molar-refractivity contribution in [2.24, 2.45) is 17.8 Å². The minimum Gasteiger partial charge on any atom is -0.444 e. The number of methoxy groups -OCH3 is 1.